The fraction of sp³-hybridized carbons (Fsp3) is 0.222. The minimum Gasteiger partial charge on any atom is -0.271 e. The third-order valence-electron chi connectivity index (χ3n) is 4.14. The van der Waals surface area contributed by atoms with E-state index in [1.165, 1.54) is 18.5 Å². The summed E-state index contributed by atoms with van der Waals surface area (Å²) in [4.78, 5) is 3.87. The zero-order chi connectivity index (χ0) is 16.5. The van der Waals surface area contributed by atoms with Crippen LogP contribution in [0.3, 0.4) is 0 Å². The van der Waals surface area contributed by atoms with Crippen molar-refractivity contribution in [3.05, 3.63) is 74.3 Å². The second-order valence-electron chi connectivity index (χ2n) is 5.83. The second kappa shape index (κ2) is 6.69. The van der Waals surface area contributed by atoms with Crippen LogP contribution < -0.4 is 4.79 Å². The summed E-state index contributed by atoms with van der Waals surface area (Å²) < 4.78 is 2.11. The van der Waals surface area contributed by atoms with E-state index in [0.29, 0.717) is 0 Å². The molecule has 0 aliphatic heterocycles. The molecule has 1 aliphatic carbocycles. The third-order valence-corrected chi connectivity index (χ3v) is 5.20. The Kier molecular flexibility index (Phi) is 4.41. The Labute approximate surface area is 157 Å². The van der Waals surface area contributed by atoms with Gasteiger partial charge in [-0.3, -0.25) is 5.43 Å². The second-order valence-corrected chi connectivity index (χ2v) is 7.66. The predicted molar refractivity (Wildman–Crippen MR) is 101 cm³/mol. The highest BCUT2D eigenvalue weighted by atomic mass is 79.9. The summed E-state index contributed by atoms with van der Waals surface area (Å²) in [6.45, 7) is 0. The Balaban J connectivity index is 1.79. The smallest absolute Gasteiger partial charge is 0.199 e. The van der Waals surface area contributed by atoms with Crippen molar-refractivity contribution in [3.8, 4) is 5.69 Å². The van der Waals surface area contributed by atoms with Crippen molar-refractivity contribution in [2.24, 2.45) is 0 Å². The van der Waals surface area contributed by atoms with E-state index in [0.717, 1.165) is 38.9 Å². The number of benzene rings is 2. The predicted octanol–water partition coefficient (Wildman–Crippen LogP) is 5.03. The van der Waals surface area contributed by atoms with Crippen molar-refractivity contribution in [1.29, 1.82) is 0 Å². The zero-order valence-corrected chi connectivity index (χ0v) is 16.2. The minimum atomic E-state index is 0.912. The van der Waals surface area contributed by atoms with Crippen molar-refractivity contribution < 1.29 is 4.79 Å². The Hall–Kier alpha value is -1.66. The van der Waals surface area contributed by atoms with E-state index in [4.69, 9.17) is 10.5 Å². The van der Waals surface area contributed by atoms with E-state index in [-0.39, 0.29) is 0 Å². The monoisotopic (exact) mass is 446 g/mol. The maximum absolute atomic E-state index is 4.84. The first kappa shape index (κ1) is 15.8. The largest absolute Gasteiger partial charge is 0.271 e. The first-order valence-electron chi connectivity index (χ1n) is 7.97. The maximum Gasteiger partial charge on any atom is 0.199 e. The molecule has 1 aliphatic rings. The van der Waals surface area contributed by atoms with Gasteiger partial charge in [0.2, 0.25) is 0 Å². The van der Waals surface area contributed by atoms with Crippen LogP contribution in [0.2, 0.25) is 0 Å². The number of hydrogen-bond acceptors (Lipinski definition) is 1. The molecular weight excluding hydrogens is 432 g/mol. The Morgan fingerprint density at radius 2 is 1.50 bits per heavy atom. The molecule has 4 nitrogen and oxygen atoms in total. The lowest BCUT2D eigenvalue weighted by Crippen LogP contribution is -2.42. The van der Waals surface area contributed by atoms with E-state index in [2.05, 4.69) is 44.0 Å². The van der Waals surface area contributed by atoms with Gasteiger partial charge in [0, 0.05) is 27.5 Å². The Morgan fingerprint density at radius 1 is 0.875 bits per heavy atom. The van der Waals surface area contributed by atoms with Crippen molar-refractivity contribution >= 4 is 37.5 Å². The standard InChI is InChI=1S/C18H16Br2N4/c19-13-5-9-15(10-6-13)21-24-18-4-2-1-3-17(18)22-23(24)16-11-7-14(20)8-12-16/h5-12H,1-4H2. The van der Waals surface area contributed by atoms with Crippen LogP contribution >= 0.6 is 31.9 Å². The molecule has 0 saturated carbocycles. The van der Waals surface area contributed by atoms with Crippen LogP contribution in [0, 0.1) is 0 Å². The summed E-state index contributed by atoms with van der Waals surface area (Å²) in [6.07, 6.45) is 4.43. The van der Waals surface area contributed by atoms with Crippen LogP contribution in [0.1, 0.15) is 24.2 Å². The molecule has 0 bridgehead atoms. The number of aromatic nitrogens is 3. The molecule has 0 saturated heterocycles. The SMILES string of the molecule is Brc1ccc([N-][n+]2c3c(nn2-c2ccc(Br)cc2)CCCC3)cc1. The molecule has 1 aromatic heterocycles. The molecule has 0 radical (unpaired) electrons. The molecule has 3 aromatic rings. The van der Waals surface area contributed by atoms with Gasteiger partial charge in [-0.15, -0.1) is 4.80 Å². The number of fused-ring (bicyclic) bond motifs is 1. The summed E-state index contributed by atoms with van der Waals surface area (Å²) in [7, 11) is 0. The van der Waals surface area contributed by atoms with Crippen LogP contribution in [-0.2, 0) is 12.8 Å². The minimum absolute atomic E-state index is 0.912. The maximum atomic E-state index is 4.84. The molecule has 122 valence electrons. The van der Waals surface area contributed by atoms with Gasteiger partial charge < -0.3 is 0 Å². The summed E-state index contributed by atoms with van der Waals surface area (Å²) in [5.41, 5.74) is 9.13. The molecule has 0 fully saturated rings. The van der Waals surface area contributed by atoms with Crippen LogP contribution in [0.4, 0.5) is 5.69 Å². The summed E-state index contributed by atoms with van der Waals surface area (Å²) in [5.74, 6) is 0. The molecule has 4 rings (SSSR count). The number of hydrogen-bond donors (Lipinski definition) is 0. The summed E-state index contributed by atoms with van der Waals surface area (Å²) in [5, 5.41) is 4.83. The molecule has 0 atom stereocenters. The van der Waals surface area contributed by atoms with Crippen LogP contribution in [0.5, 0.6) is 0 Å². The van der Waals surface area contributed by atoms with E-state index in [1.54, 1.807) is 0 Å². The number of nitrogens with zero attached hydrogens (tertiary/aromatic N) is 4. The van der Waals surface area contributed by atoms with Gasteiger partial charge in [0.1, 0.15) is 0 Å². The molecule has 0 spiro atoms. The quantitative estimate of drug-likeness (QED) is 0.518. The van der Waals surface area contributed by atoms with Crippen molar-refractivity contribution in [3.63, 3.8) is 0 Å². The third kappa shape index (κ3) is 3.13. The van der Waals surface area contributed by atoms with Gasteiger partial charge in [-0.2, -0.15) is 4.79 Å². The van der Waals surface area contributed by atoms with E-state index in [1.807, 2.05) is 46.0 Å². The number of rotatable bonds is 3. The Bertz CT molecular complexity index is 854. The van der Waals surface area contributed by atoms with E-state index in [9.17, 15) is 0 Å². The van der Waals surface area contributed by atoms with Crippen molar-refractivity contribution in [1.82, 2.24) is 9.90 Å². The molecule has 1 heterocycles. The fourth-order valence-corrected chi connectivity index (χ4v) is 3.46. The lowest BCUT2D eigenvalue weighted by atomic mass is 10.0. The van der Waals surface area contributed by atoms with Crippen molar-refractivity contribution in [2.75, 3.05) is 0 Å². The first-order valence-corrected chi connectivity index (χ1v) is 9.56. The molecule has 0 amide bonds. The van der Waals surface area contributed by atoms with Gasteiger partial charge in [-0.1, -0.05) is 56.1 Å². The normalized spacial score (nSPS) is 13.6. The van der Waals surface area contributed by atoms with Gasteiger partial charge in [0.25, 0.3) is 0 Å². The van der Waals surface area contributed by atoms with Crippen LogP contribution in [-0.4, -0.2) is 9.90 Å². The highest BCUT2D eigenvalue weighted by molar-refractivity contribution is 9.10. The molecule has 2 aromatic carbocycles. The highest BCUT2D eigenvalue weighted by Crippen LogP contribution is 2.23. The van der Waals surface area contributed by atoms with Gasteiger partial charge in [-0.25, -0.2) is 0 Å². The van der Waals surface area contributed by atoms with Gasteiger partial charge in [0.15, 0.2) is 11.4 Å². The lowest BCUT2D eigenvalue weighted by Gasteiger charge is -2.17. The average Bonchev–Trinajstić information content (AvgIpc) is 2.96. The van der Waals surface area contributed by atoms with E-state index < -0.39 is 0 Å². The van der Waals surface area contributed by atoms with Crippen molar-refractivity contribution in [2.45, 2.75) is 25.7 Å². The Morgan fingerprint density at radius 3 is 2.21 bits per heavy atom. The van der Waals surface area contributed by atoms with Crippen LogP contribution in [0.15, 0.2) is 57.5 Å². The highest BCUT2D eigenvalue weighted by Gasteiger charge is 2.24. The first-order chi connectivity index (χ1) is 11.7. The van der Waals surface area contributed by atoms with E-state index >= 15 is 0 Å². The van der Waals surface area contributed by atoms with Gasteiger partial charge >= 0.3 is 0 Å². The summed E-state index contributed by atoms with van der Waals surface area (Å²) in [6, 6.07) is 16.2. The number of halogens is 2. The van der Waals surface area contributed by atoms with Gasteiger partial charge in [0.05, 0.1) is 0 Å². The molecule has 6 heteroatoms. The topological polar surface area (TPSA) is 35.8 Å². The summed E-state index contributed by atoms with van der Waals surface area (Å²) >= 11 is 6.96. The molecule has 0 N–H and O–H groups in total. The molecule has 0 unspecified atom stereocenters. The molecule has 24 heavy (non-hydrogen) atoms. The van der Waals surface area contributed by atoms with Gasteiger partial charge in [-0.05, 0) is 47.9 Å². The zero-order valence-electron chi connectivity index (χ0n) is 13.0. The number of aryl methyl sites for hydroxylation is 1. The molecular formula is C18H16Br2N4. The lowest BCUT2D eigenvalue weighted by molar-refractivity contribution is -0.707. The average molecular weight is 448 g/mol. The van der Waals surface area contributed by atoms with Crippen LogP contribution in [0.25, 0.3) is 11.1 Å². The fourth-order valence-electron chi connectivity index (χ4n) is 2.93.